The summed E-state index contributed by atoms with van der Waals surface area (Å²) in [7, 11) is 2.15. The largest absolute Gasteiger partial charge is 0.376 e. The molecule has 1 saturated heterocycles. The van der Waals surface area contributed by atoms with Crippen molar-refractivity contribution in [2.24, 2.45) is 0 Å². The molecule has 1 aliphatic rings. The number of aromatic nitrogens is 1. The highest BCUT2D eigenvalue weighted by atomic mass is 32.1. The summed E-state index contributed by atoms with van der Waals surface area (Å²) in [6.45, 7) is 9.42. The molecule has 1 aromatic heterocycles. The van der Waals surface area contributed by atoms with E-state index >= 15 is 0 Å². The van der Waals surface area contributed by atoms with Crippen molar-refractivity contribution >= 4 is 16.5 Å². The topological polar surface area (TPSA) is 37.4 Å². The fourth-order valence-corrected chi connectivity index (χ4v) is 3.82. The zero-order chi connectivity index (χ0) is 14.5. The Bertz CT molecular complexity index is 421. The highest BCUT2D eigenvalue weighted by Gasteiger charge is 2.29. The van der Waals surface area contributed by atoms with Crippen molar-refractivity contribution in [2.45, 2.75) is 58.7 Å². The molecule has 0 radical (unpaired) electrons. The average Bonchev–Trinajstić information content (AvgIpc) is 3.04. The summed E-state index contributed by atoms with van der Waals surface area (Å²) in [5, 5.41) is 4.62. The first kappa shape index (κ1) is 15.7. The smallest absolute Gasteiger partial charge is 0.185 e. The summed E-state index contributed by atoms with van der Waals surface area (Å²) in [5.41, 5.74) is 1.24. The fraction of sp³-hybridized carbons (Fsp3) is 0.800. The van der Waals surface area contributed by atoms with Gasteiger partial charge in [-0.05, 0) is 32.7 Å². The molecule has 0 aliphatic carbocycles. The number of nitrogens with zero attached hydrogens (tertiary/aromatic N) is 2. The van der Waals surface area contributed by atoms with Crippen LogP contribution in [0.5, 0.6) is 0 Å². The first-order valence-corrected chi connectivity index (χ1v) is 8.52. The highest BCUT2D eigenvalue weighted by Crippen LogP contribution is 2.30. The Morgan fingerprint density at radius 1 is 1.45 bits per heavy atom. The van der Waals surface area contributed by atoms with Crippen molar-refractivity contribution < 1.29 is 4.74 Å². The van der Waals surface area contributed by atoms with E-state index in [9.17, 15) is 0 Å². The molecule has 2 heterocycles. The van der Waals surface area contributed by atoms with E-state index in [1.165, 1.54) is 17.0 Å². The van der Waals surface area contributed by atoms with Gasteiger partial charge in [-0.1, -0.05) is 13.8 Å². The van der Waals surface area contributed by atoms with Crippen LogP contribution in [-0.4, -0.2) is 37.3 Å². The summed E-state index contributed by atoms with van der Waals surface area (Å²) < 4.78 is 5.67. The third kappa shape index (κ3) is 3.51. The van der Waals surface area contributed by atoms with Crippen molar-refractivity contribution in [1.82, 2.24) is 10.3 Å². The van der Waals surface area contributed by atoms with Crippen LogP contribution in [0.15, 0.2) is 0 Å². The van der Waals surface area contributed by atoms with Crippen LogP contribution in [0.2, 0.25) is 0 Å². The van der Waals surface area contributed by atoms with Crippen LogP contribution >= 0.6 is 11.3 Å². The van der Waals surface area contributed by atoms with E-state index in [0.29, 0.717) is 12.1 Å². The van der Waals surface area contributed by atoms with E-state index in [2.05, 4.69) is 38.0 Å². The van der Waals surface area contributed by atoms with Gasteiger partial charge in [-0.2, -0.15) is 0 Å². The maximum Gasteiger partial charge on any atom is 0.185 e. The molecule has 2 atom stereocenters. The van der Waals surface area contributed by atoms with Crippen LogP contribution in [0.1, 0.15) is 44.2 Å². The predicted octanol–water partition coefficient (Wildman–Crippen LogP) is 2.82. The van der Waals surface area contributed by atoms with Gasteiger partial charge in [0.1, 0.15) is 0 Å². The van der Waals surface area contributed by atoms with Crippen molar-refractivity contribution in [3.63, 3.8) is 0 Å². The Hall–Kier alpha value is -0.650. The molecular formula is C15H27N3OS. The lowest BCUT2D eigenvalue weighted by molar-refractivity contribution is 0.118. The molecule has 1 aromatic rings. The van der Waals surface area contributed by atoms with Gasteiger partial charge in [0.05, 0.1) is 17.8 Å². The standard InChI is InChI=1S/C15H27N3OS/c1-5-8-16-10-14-12(6-2)17-15(20-14)18(4)13-7-9-19-11(13)3/h11,13,16H,5-10H2,1-4H3. The molecule has 5 heteroatoms. The van der Waals surface area contributed by atoms with Crippen molar-refractivity contribution in [3.8, 4) is 0 Å². The molecule has 1 N–H and O–H groups in total. The van der Waals surface area contributed by atoms with Gasteiger partial charge >= 0.3 is 0 Å². The van der Waals surface area contributed by atoms with E-state index in [4.69, 9.17) is 9.72 Å². The van der Waals surface area contributed by atoms with Crippen LogP contribution in [0.25, 0.3) is 0 Å². The number of ether oxygens (including phenoxy) is 1. The number of hydrogen-bond acceptors (Lipinski definition) is 5. The van der Waals surface area contributed by atoms with Gasteiger partial charge in [0.15, 0.2) is 5.13 Å². The lowest BCUT2D eigenvalue weighted by Gasteiger charge is -2.26. The number of rotatable bonds is 7. The molecule has 2 rings (SSSR count). The fourth-order valence-electron chi connectivity index (χ4n) is 2.68. The Kier molecular flexibility index (Phi) is 5.81. The molecule has 2 unspecified atom stereocenters. The van der Waals surface area contributed by atoms with Gasteiger partial charge in [-0.25, -0.2) is 4.98 Å². The monoisotopic (exact) mass is 297 g/mol. The van der Waals surface area contributed by atoms with Crippen LogP contribution in [-0.2, 0) is 17.7 Å². The van der Waals surface area contributed by atoms with Crippen molar-refractivity contribution in [2.75, 3.05) is 25.1 Å². The summed E-state index contributed by atoms with van der Waals surface area (Å²) >= 11 is 1.83. The summed E-state index contributed by atoms with van der Waals surface area (Å²) in [5.74, 6) is 0. The molecule has 1 aliphatic heterocycles. The number of likely N-dealkylation sites (N-methyl/N-ethyl adjacent to an activating group) is 1. The second kappa shape index (κ2) is 7.38. The Morgan fingerprint density at radius 3 is 2.85 bits per heavy atom. The molecule has 4 nitrogen and oxygen atoms in total. The maximum absolute atomic E-state index is 5.67. The summed E-state index contributed by atoms with van der Waals surface area (Å²) in [6, 6.07) is 0.460. The third-order valence-electron chi connectivity index (χ3n) is 3.95. The number of aryl methyl sites for hydroxylation is 1. The number of anilines is 1. The van der Waals surface area contributed by atoms with Gasteiger partial charge < -0.3 is 15.0 Å². The minimum atomic E-state index is 0.302. The minimum Gasteiger partial charge on any atom is -0.376 e. The highest BCUT2D eigenvalue weighted by molar-refractivity contribution is 7.15. The van der Waals surface area contributed by atoms with Gasteiger partial charge in [0.25, 0.3) is 0 Å². The van der Waals surface area contributed by atoms with Gasteiger partial charge in [-0.3, -0.25) is 0 Å². The molecule has 20 heavy (non-hydrogen) atoms. The van der Waals surface area contributed by atoms with Crippen LogP contribution in [0.4, 0.5) is 5.13 Å². The number of thiazole rings is 1. The lowest BCUT2D eigenvalue weighted by Crippen LogP contribution is -2.36. The zero-order valence-electron chi connectivity index (χ0n) is 13.1. The van der Waals surface area contributed by atoms with E-state index in [0.717, 1.165) is 37.7 Å². The summed E-state index contributed by atoms with van der Waals surface area (Å²) in [6.07, 6.45) is 3.58. The Morgan fingerprint density at radius 2 is 2.25 bits per heavy atom. The van der Waals surface area contributed by atoms with Gasteiger partial charge in [0, 0.05) is 25.1 Å². The molecular weight excluding hydrogens is 270 g/mol. The van der Waals surface area contributed by atoms with Gasteiger partial charge in [0.2, 0.25) is 0 Å². The Labute approximate surface area is 126 Å². The third-order valence-corrected chi connectivity index (χ3v) is 5.14. The summed E-state index contributed by atoms with van der Waals surface area (Å²) in [4.78, 5) is 8.53. The molecule has 0 bridgehead atoms. The van der Waals surface area contributed by atoms with Crippen LogP contribution in [0.3, 0.4) is 0 Å². The van der Waals surface area contributed by atoms with Crippen LogP contribution < -0.4 is 10.2 Å². The zero-order valence-corrected chi connectivity index (χ0v) is 13.9. The van der Waals surface area contributed by atoms with Crippen molar-refractivity contribution in [1.29, 1.82) is 0 Å². The van der Waals surface area contributed by atoms with E-state index in [-0.39, 0.29) is 0 Å². The number of nitrogens with one attached hydrogen (secondary N) is 1. The molecule has 114 valence electrons. The molecule has 0 amide bonds. The molecule has 0 aromatic carbocycles. The Balaban J connectivity index is 2.07. The van der Waals surface area contributed by atoms with Gasteiger partial charge in [-0.15, -0.1) is 11.3 Å². The first-order valence-electron chi connectivity index (χ1n) is 7.71. The molecule has 1 fully saturated rings. The van der Waals surface area contributed by atoms with E-state index < -0.39 is 0 Å². The van der Waals surface area contributed by atoms with Crippen LogP contribution in [0, 0.1) is 0 Å². The second-order valence-corrected chi connectivity index (χ2v) is 6.50. The lowest BCUT2D eigenvalue weighted by atomic mass is 10.1. The van der Waals surface area contributed by atoms with Crippen molar-refractivity contribution in [3.05, 3.63) is 10.6 Å². The normalized spacial score (nSPS) is 22.4. The second-order valence-electron chi connectivity index (χ2n) is 5.44. The quantitative estimate of drug-likeness (QED) is 0.785. The molecule has 0 spiro atoms. The van der Waals surface area contributed by atoms with E-state index in [1.807, 2.05) is 11.3 Å². The first-order chi connectivity index (χ1) is 9.67. The maximum atomic E-state index is 5.67. The minimum absolute atomic E-state index is 0.302. The predicted molar refractivity (Wildman–Crippen MR) is 85.7 cm³/mol. The SMILES string of the molecule is CCCNCc1sc(N(C)C2CCOC2C)nc1CC. The average molecular weight is 297 g/mol. The molecule has 0 saturated carbocycles. The number of hydrogen-bond donors (Lipinski definition) is 1. The van der Waals surface area contributed by atoms with E-state index in [1.54, 1.807) is 0 Å².